The molecule has 0 amide bonds. The molecule has 4 rings (SSSR count). The van der Waals surface area contributed by atoms with Crippen molar-refractivity contribution in [1.82, 2.24) is 9.97 Å². The molecule has 2 aromatic carbocycles. The van der Waals surface area contributed by atoms with E-state index in [0.717, 1.165) is 7.11 Å². The average molecular weight is 391 g/mol. The summed E-state index contributed by atoms with van der Waals surface area (Å²) in [6.07, 6.45) is 0. The number of carbonyl (C=O) groups is 1. The largest absolute Gasteiger partial charge is 0.507 e. The number of hydrogen-bond acceptors (Lipinski definition) is 7. The van der Waals surface area contributed by atoms with Crippen LogP contribution >= 0.6 is 0 Å². The van der Waals surface area contributed by atoms with Gasteiger partial charge in [0.1, 0.15) is 29.0 Å². The van der Waals surface area contributed by atoms with Gasteiger partial charge in [0, 0.05) is 17.9 Å². The summed E-state index contributed by atoms with van der Waals surface area (Å²) >= 11 is 0. The fraction of sp³-hybridized carbons (Fsp3) is 0.0476. The molecule has 0 radical (unpaired) electrons. The molecule has 4 N–H and O–H groups in total. The van der Waals surface area contributed by atoms with E-state index in [1.165, 1.54) is 12.1 Å². The summed E-state index contributed by atoms with van der Waals surface area (Å²) in [6.45, 7) is 0. The number of phenols is 2. The molecule has 0 spiro atoms. The minimum Gasteiger partial charge on any atom is -0.507 e. The number of aromatic nitrogens is 2. The molecule has 8 nitrogen and oxygen atoms in total. The van der Waals surface area contributed by atoms with Crippen molar-refractivity contribution < 1.29 is 25.2 Å². The number of nitriles is 1. The summed E-state index contributed by atoms with van der Waals surface area (Å²) in [5.41, 5.74) is 1.45. The van der Waals surface area contributed by atoms with Crippen LogP contribution in [-0.4, -0.2) is 43.5 Å². The van der Waals surface area contributed by atoms with Gasteiger partial charge >= 0.3 is 5.97 Å². The Balaban J connectivity index is 0.000000191. The third kappa shape index (κ3) is 4.94. The lowest BCUT2D eigenvalue weighted by molar-refractivity contribution is 0.0691. The first-order chi connectivity index (χ1) is 14.0. The molecule has 2 heterocycles. The lowest BCUT2D eigenvalue weighted by Gasteiger charge is -2.00. The number of hydrogen-bond donors (Lipinski definition) is 4. The Bertz CT molecular complexity index is 1200. The molecule has 8 heteroatoms. The Morgan fingerprint density at radius 3 is 1.86 bits per heavy atom. The zero-order valence-electron chi connectivity index (χ0n) is 15.3. The summed E-state index contributed by atoms with van der Waals surface area (Å²) in [6, 6.07) is 18.0. The van der Waals surface area contributed by atoms with Gasteiger partial charge in [-0.15, -0.1) is 0 Å². The lowest BCUT2D eigenvalue weighted by atomic mass is 10.2. The standard InChI is InChI=1S/C10H6N2O.C10H7NO3.CH4O/c11-6-7-4-5-8-9(12-7)2-1-3-10(8)13;12-9-3-1-2-7-6(9)4-5-8(11-7)10(13)14;1-2/h1-5,13H;1-5,12H,(H,13,14);2H,1H3. The number of aromatic hydroxyl groups is 2. The molecule has 0 fully saturated rings. The summed E-state index contributed by atoms with van der Waals surface area (Å²) in [4.78, 5) is 18.5. The summed E-state index contributed by atoms with van der Waals surface area (Å²) in [5.74, 6) is -0.781. The molecule has 29 heavy (non-hydrogen) atoms. The maximum atomic E-state index is 10.6. The molecule has 0 atom stereocenters. The molecule has 2 aromatic heterocycles. The number of aromatic carboxylic acids is 1. The number of nitrogens with zero attached hydrogens (tertiary/aromatic N) is 3. The summed E-state index contributed by atoms with van der Waals surface area (Å²) in [5, 5.41) is 44.3. The van der Waals surface area contributed by atoms with E-state index >= 15 is 0 Å². The average Bonchev–Trinajstić information content (AvgIpc) is 2.75. The van der Waals surface area contributed by atoms with Gasteiger partial charge in [0.25, 0.3) is 0 Å². The highest BCUT2D eigenvalue weighted by Gasteiger charge is 2.06. The Morgan fingerprint density at radius 1 is 0.828 bits per heavy atom. The predicted octanol–water partition coefficient (Wildman–Crippen LogP) is 3.06. The number of phenolic OH excluding ortho intramolecular Hbond substituents is 2. The number of rotatable bonds is 1. The minimum atomic E-state index is -1.07. The second-order valence-corrected chi connectivity index (χ2v) is 5.50. The lowest BCUT2D eigenvalue weighted by Crippen LogP contribution is -1.99. The normalized spacial score (nSPS) is 9.55. The highest BCUT2D eigenvalue weighted by Crippen LogP contribution is 2.23. The van der Waals surface area contributed by atoms with Crippen molar-refractivity contribution in [2.45, 2.75) is 0 Å². The molecule has 4 aromatic rings. The van der Waals surface area contributed by atoms with E-state index in [1.807, 2.05) is 6.07 Å². The number of carboxylic acids is 1. The minimum absolute atomic E-state index is 0.0249. The molecule has 0 aliphatic heterocycles. The van der Waals surface area contributed by atoms with E-state index in [4.69, 9.17) is 15.5 Å². The van der Waals surface area contributed by atoms with E-state index in [0.29, 0.717) is 27.5 Å². The van der Waals surface area contributed by atoms with Crippen molar-refractivity contribution in [3.8, 4) is 17.6 Å². The van der Waals surface area contributed by atoms with Crippen LogP contribution in [0.3, 0.4) is 0 Å². The molecule has 0 saturated carbocycles. The van der Waals surface area contributed by atoms with Gasteiger partial charge < -0.3 is 20.4 Å². The van der Waals surface area contributed by atoms with Crippen LogP contribution in [0.15, 0.2) is 60.7 Å². The molecule has 146 valence electrons. The first kappa shape index (κ1) is 21.1. The molecular formula is C21H17N3O5. The Kier molecular flexibility index (Phi) is 7.01. The smallest absolute Gasteiger partial charge is 0.354 e. The van der Waals surface area contributed by atoms with Crippen LogP contribution in [0.1, 0.15) is 16.2 Å². The van der Waals surface area contributed by atoms with Gasteiger partial charge in [0.15, 0.2) is 0 Å². The fourth-order valence-electron chi connectivity index (χ4n) is 2.46. The van der Waals surface area contributed by atoms with Crippen molar-refractivity contribution in [1.29, 1.82) is 5.26 Å². The quantitative estimate of drug-likeness (QED) is 0.387. The first-order valence-electron chi connectivity index (χ1n) is 8.25. The molecule has 0 saturated heterocycles. The third-order valence-electron chi connectivity index (χ3n) is 3.75. The van der Waals surface area contributed by atoms with Gasteiger partial charge in [0.05, 0.1) is 11.0 Å². The van der Waals surface area contributed by atoms with Crippen molar-refractivity contribution in [3.63, 3.8) is 0 Å². The van der Waals surface area contributed by atoms with Gasteiger partial charge in [-0.05, 0) is 48.5 Å². The van der Waals surface area contributed by atoms with Crippen LogP contribution in [0.5, 0.6) is 11.5 Å². The summed E-state index contributed by atoms with van der Waals surface area (Å²) < 4.78 is 0. The van der Waals surface area contributed by atoms with Gasteiger partial charge in [-0.2, -0.15) is 5.26 Å². The molecule has 0 bridgehead atoms. The SMILES string of the molecule is CO.N#Cc1ccc2c(O)cccc2n1.O=C(O)c1ccc2c(O)cccc2n1. The van der Waals surface area contributed by atoms with Crippen LogP contribution in [0.2, 0.25) is 0 Å². The maximum absolute atomic E-state index is 10.6. The Hall–Kier alpha value is -4.22. The van der Waals surface area contributed by atoms with E-state index < -0.39 is 5.97 Å². The molecule has 0 aliphatic carbocycles. The zero-order chi connectivity index (χ0) is 21.4. The van der Waals surface area contributed by atoms with Gasteiger partial charge in [0.2, 0.25) is 0 Å². The van der Waals surface area contributed by atoms with Crippen LogP contribution in [0.25, 0.3) is 21.8 Å². The van der Waals surface area contributed by atoms with E-state index in [2.05, 4.69) is 9.97 Å². The van der Waals surface area contributed by atoms with Crippen LogP contribution < -0.4 is 0 Å². The fourth-order valence-corrected chi connectivity index (χ4v) is 2.46. The number of fused-ring (bicyclic) bond motifs is 2. The summed E-state index contributed by atoms with van der Waals surface area (Å²) in [7, 11) is 1.00. The van der Waals surface area contributed by atoms with Crippen molar-refractivity contribution >= 4 is 27.8 Å². The topological polar surface area (TPSA) is 148 Å². The first-order valence-corrected chi connectivity index (χ1v) is 8.25. The Labute approximate surface area is 165 Å². The monoisotopic (exact) mass is 391 g/mol. The van der Waals surface area contributed by atoms with Gasteiger partial charge in [-0.3, -0.25) is 0 Å². The highest BCUT2D eigenvalue weighted by molar-refractivity contribution is 5.91. The number of pyridine rings is 2. The molecular weight excluding hydrogens is 374 g/mol. The number of aliphatic hydroxyl groups excluding tert-OH is 1. The van der Waals surface area contributed by atoms with Crippen molar-refractivity contribution in [2.24, 2.45) is 0 Å². The van der Waals surface area contributed by atoms with Gasteiger partial charge in [-0.25, -0.2) is 14.8 Å². The molecule has 0 unspecified atom stereocenters. The number of carboxylic acid groups (broad SMARTS) is 1. The highest BCUT2D eigenvalue weighted by atomic mass is 16.4. The predicted molar refractivity (Wildman–Crippen MR) is 107 cm³/mol. The third-order valence-corrected chi connectivity index (χ3v) is 3.75. The van der Waals surface area contributed by atoms with Gasteiger partial charge in [-0.1, -0.05) is 12.1 Å². The van der Waals surface area contributed by atoms with Crippen molar-refractivity contribution in [3.05, 3.63) is 72.1 Å². The number of benzene rings is 2. The Morgan fingerprint density at radius 2 is 1.34 bits per heavy atom. The van der Waals surface area contributed by atoms with E-state index in [1.54, 1.807) is 48.5 Å². The zero-order valence-corrected chi connectivity index (χ0v) is 15.3. The van der Waals surface area contributed by atoms with E-state index in [-0.39, 0.29) is 17.2 Å². The van der Waals surface area contributed by atoms with Crippen molar-refractivity contribution in [2.75, 3.05) is 7.11 Å². The second-order valence-electron chi connectivity index (χ2n) is 5.50. The van der Waals surface area contributed by atoms with Crippen LogP contribution in [0.4, 0.5) is 0 Å². The van der Waals surface area contributed by atoms with Crippen LogP contribution in [-0.2, 0) is 0 Å². The van der Waals surface area contributed by atoms with Crippen LogP contribution in [0, 0.1) is 11.3 Å². The second kappa shape index (κ2) is 9.64. The maximum Gasteiger partial charge on any atom is 0.354 e. The molecule has 0 aliphatic rings. The van der Waals surface area contributed by atoms with E-state index in [9.17, 15) is 15.0 Å². The number of aliphatic hydroxyl groups is 1.